The molecule has 4 rings (SSSR count). The first-order valence-corrected chi connectivity index (χ1v) is 11.5. The molecule has 1 heterocycles. The minimum absolute atomic E-state index is 0.405. The van der Waals surface area contributed by atoms with E-state index >= 15 is 0 Å². The van der Waals surface area contributed by atoms with Crippen molar-refractivity contribution in [2.45, 2.75) is 31.8 Å². The van der Waals surface area contributed by atoms with Crippen LogP contribution < -0.4 is 15.5 Å². The molecule has 1 aliphatic rings. The van der Waals surface area contributed by atoms with E-state index in [1.165, 1.54) is 11.8 Å². The van der Waals surface area contributed by atoms with Gasteiger partial charge in [0.25, 0.3) is 11.8 Å². The topological polar surface area (TPSA) is 87.7 Å². The number of nitrogens with zero attached hydrogens (tertiary/aromatic N) is 1. The van der Waals surface area contributed by atoms with Crippen molar-refractivity contribution in [1.82, 2.24) is 10.6 Å². The SMILES string of the molecule is C[C@H](OC(=O)NCc1cc(C(F)(F)F)ccc1F)C(=O)NC1C(=O)N(C)c2ccccc2-c2ccccc21. The van der Waals surface area contributed by atoms with E-state index in [2.05, 4.69) is 10.6 Å². The molecule has 38 heavy (non-hydrogen) atoms. The molecule has 0 bridgehead atoms. The van der Waals surface area contributed by atoms with E-state index in [0.29, 0.717) is 29.4 Å². The molecule has 11 heteroatoms. The minimum atomic E-state index is -4.68. The summed E-state index contributed by atoms with van der Waals surface area (Å²) in [5.74, 6) is -2.13. The monoisotopic (exact) mass is 529 g/mol. The molecule has 1 aliphatic heterocycles. The molecule has 3 aromatic rings. The van der Waals surface area contributed by atoms with Crippen LogP contribution in [0.1, 0.15) is 29.7 Å². The molecule has 0 saturated heterocycles. The Balaban J connectivity index is 1.44. The van der Waals surface area contributed by atoms with E-state index in [-0.39, 0.29) is 0 Å². The maximum absolute atomic E-state index is 13.9. The number of benzene rings is 3. The fraction of sp³-hybridized carbons (Fsp3) is 0.222. The summed E-state index contributed by atoms with van der Waals surface area (Å²) in [6.45, 7) is 0.672. The Morgan fingerprint density at radius 1 is 1.03 bits per heavy atom. The van der Waals surface area contributed by atoms with Crippen LogP contribution >= 0.6 is 0 Å². The third-order valence-electron chi connectivity index (χ3n) is 6.14. The van der Waals surface area contributed by atoms with E-state index in [1.807, 2.05) is 24.3 Å². The lowest BCUT2D eigenvalue weighted by atomic mass is 9.95. The summed E-state index contributed by atoms with van der Waals surface area (Å²) in [5, 5.41) is 4.76. The lowest BCUT2D eigenvalue weighted by Crippen LogP contribution is -2.45. The lowest BCUT2D eigenvalue weighted by Gasteiger charge is -2.24. The zero-order chi connectivity index (χ0) is 27.6. The molecule has 2 N–H and O–H groups in total. The maximum atomic E-state index is 13.9. The van der Waals surface area contributed by atoms with Gasteiger partial charge in [0.05, 0.1) is 11.3 Å². The predicted molar refractivity (Wildman–Crippen MR) is 130 cm³/mol. The van der Waals surface area contributed by atoms with Gasteiger partial charge in [0.1, 0.15) is 11.9 Å². The molecule has 0 aromatic heterocycles. The molecule has 3 aromatic carbocycles. The van der Waals surface area contributed by atoms with Crippen LogP contribution in [0.5, 0.6) is 0 Å². The Morgan fingerprint density at radius 3 is 2.39 bits per heavy atom. The lowest BCUT2D eigenvalue weighted by molar-refractivity contribution is -0.137. The second-order valence-electron chi connectivity index (χ2n) is 8.65. The number of carbonyl (C=O) groups is 3. The van der Waals surface area contributed by atoms with E-state index < -0.39 is 59.7 Å². The summed E-state index contributed by atoms with van der Waals surface area (Å²) < 4.78 is 57.6. The Bertz CT molecular complexity index is 1390. The zero-order valence-corrected chi connectivity index (χ0v) is 20.3. The van der Waals surface area contributed by atoms with Crippen molar-refractivity contribution in [3.05, 3.63) is 89.2 Å². The van der Waals surface area contributed by atoms with E-state index in [0.717, 1.165) is 11.1 Å². The van der Waals surface area contributed by atoms with E-state index in [9.17, 15) is 31.9 Å². The number of rotatable bonds is 5. The van der Waals surface area contributed by atoms with Gasteiger partial charge in [-0.3, -0.25) is 9.59 Å². The molecule has 1 unspecified atom stereocenters. The van der Waals surface area contributed by atoms with Crippen LogP contribution in [-0.2, 0) is 27.0 Å². The summed E-state index contributed by atoms with van der Waals surface area (Å²) in [7, 11) is 1.59. The van der Waals surface area contributed by atoms with Gasteiger partial charge in [-0.1, -0.05) is 42.5 Å². The average Bonchev–Trinajstić information content (AvgIpc) is 2.97. The number of halogens is 4. The van der Waals surface area contributed by atoms with Gasteiger partial charge in [-0.15, -0.1) is 0 Å². The number of fused-ring (bicyclic) bond motifs is 3. The fourth-order valence-electron chi connectivity index (χ4n) is 4.14. The molecule has 3 amide bonds. The molecule has 0 aliphatic carbocycles. The summed E-state index contributed by atoms with van der Waals surface area (Å²) in [6, 6.07) is 15.1. The third kappa shape index (κ3) is 5.46. The highest BCUT2D eigenvalue weighted by Gasteiger charge is 2.35. The van der Waals surface area contributed by atoms with Crippen molar-refractivity contribution in [3.63, 3.8) is 0 Å². The molecule has 198 valence electrons. The molecule has 0 saturated carbocycles. The number of anilines is 1. The highest BCUT2D eigenvalue weighted by atomic mass is 19.4. The van der Waals surface area contributed by atoms with Crippen LogP contribution in [0.2, 0.25) is 0 Å². The number of alkyl halides is 3. The molecule has 0 radical (unpaired) electrons. The van der Waals surface area contributed by atoms with Gasteiger partial charge in [0.15, 0.2) is 6.10 Å². The number of carbonyl (C=O) groups excluding carboxylic acids is 3. The number of hydrogen-bond acceptors (Lipinski definition) is 4. The average molecular weight is 529 g/mol. The van der Waals surface area contributed by atoms with Crippen molar-refractivity contribution in [3.8, 4) is 11.1 Å². The summed E-state index contributed by atoms with van der Waals surface area (Å²) in [5.41, 5.74) is 1.29. The Hall–Kier alpha value is -4.41. The Labute approximate surface area is 215 Å². The van der Waals surface area contributed by atoms with Gasteiger partial charge in [0.2, 0.25) is 0 Å². The largest absolute Gasteiger partial charge is 0.436 e. The number of hydrogen-bond donors (Lipinski definition) is 2. The van der Waals surface area contributed by atoms with Gasteiger partial charge < -0.3 is 20.3 Å². The second kappa shape index (κ2) is 10.5. The van der Waals surface area contributed by atoms with Gasteiger partial charge in [0, 0.05) is 24.7 Å². The summed E-state index contributed by atoms with van der Waals surface area (Å²) >= 11 is 0. The number of nitrogens with one attached hydrogen (secondary N) is 2. The zero-order valence-electron chi connectivity index (χ0n) is 20.3. The number of para-hydroxylation sites is 1. The maximum Gasteiger partial charge on any atom is 0.416 e. The fourth-order valence-corrected chi connectivity index (χ4v) is 4.14. The van der Waals surface area contributed by atoms with Crippen LogP contribution in [-0.4, -0.2) is 31.1 Å². The van der Waals surface area contributed by atoms with Crippen LogP contribution in [0.4, 0.5) is 28.0 Å². The van der Waals surface area contributed by atoms with Crippen molar-refractivity contribution in [2.75, 3.05) is 11.9 Å². The van der Waals surface area contributed by atoms with Gasteiger partial charge in [-0.2, -0.15) is 13.2 Å². The van der Waals surface area contributed by atoms with E-state index in [4.69, 9.17) is 4.74 Å². The van der Waals surface area contributed by atoms with E-state index in [1.54, 1.807) is 31.3 Å². The number of ether oxygens (including phenoxy) is 1. The van der Waals surface area contributed by atoms with Crippen LogP contribution in [0, 0.1) is 5.82 Å². The van der Waals surface area contributed by atoms with Gasteiger partial charge >= 0.3 is 12.3 Å². The molecule has 2 atom stereocenters. The van der Waals surface area contributed by atoms with Crippen molar-refractivity contribution < 1.29 is 36.7 Å². The Kier molecular flexibility index (Phi) is 7.38. The van der Waals surface area contributed by atoms with Crippen molar-refractivity contribution in [1.29, 1.82) is 0 Å². The molecule has 0 spiro atoms. The summed E-state index contributed by atoms with van der Waals surface area (Å²) in [6.07, 6.45) is -7.21. The third-order valence-corrected chi connectivity index (χ3v) is 6.14. The highest BCUT2D eigenvalue weighted by molar-refractivity contribution is 6.06. The van der Waals surface area contributed by atoms with Crippen molar-refractivity contribution in [2.24, 2.45) is 0 Å². The van der Waals surface area contributed by atoms with Gasteiger partial charge in [-0.05, 0) is 42.3 Å². The molecular formula is C27H23F4N3O4. The molecule has 7 nitrogen and oxygen atoms in total. The quantitative estimate of drug-likeness (QED) is 0.458. The second-order valence-corrected chi connectivity index (χ2v) is 8.65. The number of alkyl carbamates (subject to hydrolysis) is 1. The first-order chi connectivity index (χ1) is 18.0. The number of likely N-dealkylation sites (N-methyl/N-ethyl adjacent to an activating group) is 1. The van der Waals surface area contributed by atoms with Gasteiger partial charge in [-0.25, -0.2) is 9.18 Å². The summed E-state index contributed by atoms with van der Waals surface area (Å²) in [4.78, 5) is 39.9. The standard InChI is InChI=1S/C27H23F4N3O4/c1-15(38-26(37)32-14-16-13-17(27(29,30)31)11-12-21(16)28)24(35)33-23-20-9-4-3-7-18(20)19-8-5-6-10-22(19)34(2)25(23)36/h3-13,15,23H,14H2,1-2H3,(H,32,37)(H,33,35)/t15-,23?/m0/s1. The number of amides is 3. The van der Waals surface area contributed by atoms with Crippen molar-refractivity contribution >= 4 is 23.6 Å². The predicted octanol–water partition coefficient (Wildman–Crippen LogP) is 4.96. The smallest absolute Gasteiger partial charge is 0.416 e. The minimum Gasteiger partial charge on any atom is -0.436 e. The normalized spacial score (nSPS) is 15.6. The first-order valence-electron chi connectivity index (χ1n) is 11.5. The van der Waals surface area contributed by atoms with Crippen LogP contribution in [0.15, 0.2) is 66.7 Å². The van der Waals surface area contributed by atoms with Crippen LogP contribution in [0.25, 0.3) is 11.1 Å². The Morgan fingerprint density at radius 2 is 1.68 bits per heavy atom. The highest BCUT2D eigenvalue weighted by Crippen LogP contribution is 2.39. The first kappa shape index (κ1) is 26.6. The molecular weight excluding hydrogens is 506 g/mol. The van der Waals surface area contributed by atoms with Crippen LogP contribution in [0.3, 0.4) is 0 Å². The molecule has 0 fully saturated rings.